The number of hydrogen-bond acceptors (Lipinski definition) is 4. The standard InChI is InChI=1S/C24H25ClF2N2O5/c25-20-13-18(34-17-7-5-16(6-8-17)24(32)33)9-10-19(20)23(31)29-12-11-28-22(30)15-3-1-14(2-4-15)21(26)27/h1-4,9-10,13,16-17,21H,5-8,11-12H2,(H,28,30)(H,29,31)(H,32,33). The van der Waals surface area contributed by atoms with Crippen molar-refractivity contribution in [2.45, 2.75) is 38.2 Å². The van der Waals surface area contributed by atoms with Gasteiger partial charge in [0.15, 0.2) is 0 Å². The highest BCUT2D eigenvalue weighted by molar-refractivity contribution is 6.34. The highest BCUT2D eigenvalue weighted by atomic mass is 35.5. The van der Waals surface area contributed by atoms with Crippen LogP contribution in [0.3, 0.4) is 0 Å². The van der Waals surface area contributed by atoms with Crippen LogP contribution in [-0.2, 0) is 4.79 Å². The number of carbonyl (C=O) groups excluding carboxylic acids is 2. The zero-order valence-corrected chi connectivity index (χ0v) is 19.0. The SMILES string of the molecule is O=C(NCCNC(=O)c1ccc(OC2CCC(C(=O)O)CC2)cc1Cl)c1ccc(C(F)F)cc1. The second kappa shape index (κ2) is 11.8. The van der Waals surface area contributed by atoms with Gasteiger partial charge in [-0.05, 0) is 56.0 Å². The molecule has 0 saturated heterocycles. The van der Waals surface area contributed by atoms with Crippen molar-refractivity contribution in [2.24, 2.45) is 5.92 Å². The quantitative estimate of drug-likeness (QED) is 0.446. The lowest BCUT2D eigenvalue weighted by atomic mass is 9.87. The van der Waals surface area contributed by atoms with E-state index in [4.69, 9.17) is 21.4 Å². The molecule has 0 bridgehead atoms. The van der Waals surface area contributed by atoms with E-state index in [0.717, 1.165) is 0 Å². The molecule has 0 heterocycles. The van der Waals surface area contributed by atoms with Crippen LogP contribution < -0.4 is 15.4 Å². The molecule has 0 aliphatic heterocycles. The van der Waals surface area contributed by atoms with Crippen LogP contribution in [0, 0.1) is 5.92 Å². The maximum atomic E-state index is 12.6. The Bertz CT molecular complexity index is 1020. The number of halogens is 3. The van der Waals surface area contributed by atoms with Crippen molar-refractivity contribution in [3.05, 3.63) is 64.2 Å². The number of carboxylic acid groups (broad SMARTS) is 1. The van der Waals surface area contributed by atoms with Gasteiger partial charge in [0.05, 0.1) is 22.6 Å². The number of carboxylic acids is 1. The molecular weight excluding hydrogens is 470 g/mol. The summed E-state index contributed by atoms with van der Waals surface area (Å²) < 4.78 is 31.1. The first kappa shape index (κ1) is 25.4. The van der Waals surface area contributed by atoms with Crippen LogP contribution in [0.25, 0.3) is 0 Å². The maximum Gasteiger partial charge on any atom is 0.306 e. The molecule has 1 aliphatic carbocycles. The molecule has 0 atom stereocenters. The fourth-order valence-electron chi connectivity index (χ4n) is 3.70. The van der Waals surface area contributed by atoms with E-state index in [1.807, 2.05) is 0 Å². The van der Waals surface area contributed by atoms with Crippen LogP contribution in [-0.4, -0.2) is 42.1 Å². The van der Waals surface area contributed by atoms with E-state index in [9.17, 15) is 23.2 Å². The molecule has 2 amide bonds. The summed E-state index contributed by atoms with van der Waals surface area (Å²) in [6, 6.07) is 9.74. The maximum absolute atomic E-state index is 12.6. The third kappa shape index (κ3) is 6.90. The summed E-state index contributed by atoms with van der Waals surface area (Å²) in [6.07, 6.45) is -0.296. The largest absolute Gasteiger partial charge is 0.490 e. The molecule has 2 aromatic carbocycles. The first-order valence-electron chi connectivity index (χ1n) is 10.9. The molecule has 0 aromatic heterocycles. The van der Waals surface area contributed by atoms with Gasteiger partial charge in [-0.2, -0.15) is 0 Å². The van der Waals surface area contributed by atoms with Gasteiger partial charge < -0.3 is 20.5 Å². The Morgan fingerprint density at radius 3 is 2.15 bits per heavy atom. The fourth-order valence-corrected chi connectivity index (χ4v) is 3.96. The number of nitrogens with one attached hydrogen (secondary N) is 2. The van der Waals surface area contributed by atoms with E-state index >= 15 is 0 Å². The molecule has 34 heavy (non-hydrogen) atoms. The minimum Gasteiger partial charge on any atom is -0.490 e. The Morgan fingerprint density at radius 1 is 0.971 bits per heavy atom. The van der Waals surface area contributed by atoms with Crippen LogP contribution in [0.15, 0.2) is 42.5 Å². The van der Waals surface area contributed by atoms with Crippen LogP contribution in [0.4, 0.5) is 8.78 Å². The van der Waals surface area contributed by atoms with Gasteiger partial charge in [-0.15, -0.1) is 0 Å². The lowest BCUT2D eigenvalue weighted by Crippen LogP contribution is -2.34. The van der Waals surface area contributed by atoms with Gasteiger partial charge in [0.1, 0.15) is 5.75 Å². The molecule has 1 aliphatic rings. The number of hydrogen-bond donors (Lipinski definition) is 3. The molecule has 3 rings (SSSR count). The molecule has 1 fully saturated rings. The summed E-state index contributed by atoms with van der Waals surface area (Å²) in [5.74, 6) is -1.46. The molecule has 1 saturated carbocycles. The van der Waals surface area contributed by atoms with E-state index < -0.39 is 24.2 Å². The van der Waals surface area contributed by atoms with Gasteiger partial charge in [0, 0.05) is 24.2 Å². The second-order valence-corrected chi connectivity index (χ2v) is 8.41. The first-order chi connectivity index (χ1) is 16.2. The summed E-state index contributed by atoms with van der Waals surface area (Å²) >= 11 is 6.24. The Morgan fingerprint density at radius 2 is 1.59 bits per heavy atom. The van der Waals surface area contributed by atoms with Crippen molar-refractivity contribution in [1.29, 1.82) is 0 Å². The van der Waals surface area contributed by atoms with Crippen molar-refractivity contribution in [3.8, 4) is 5.75 Å². The van der Waals surface area contributed by atoms with Gasteiger partial charge in [-0.3, -0.25) is 14.4 Å². The normalized spacial score (nSPS) is 17.8. The average Bonchev–Trinajstić information content (AvgIpc) is 2.82. The summed E-state index contributed by atoms with van der Waals surface area (Å²) in [4.78, 5) is 35.5. The second-order valence-electron chi connectivity index (χ2n) is 8.01. The number of rotatable bonds is 9. The van der Waals surface area contributed by atoms with Crippen molar-refractivity contribution < 1.29 is 33.0 Å². The third-order valence-corrected chi connectivity index (χ3v) is 5.95. The number of alkyl halides is 2. The summed E-state index contributed by atoms with van der Waals surface area (Å²) in [6.45, 7) is 0.278. The zero-order valence-electron chi connectivity index (χ0n) is 18.2. The number of carbonyl (C=O) groups is 3. The van der Waals surface area contributed by atoms with Gasteiger partial charge >= 0.3 is 5.97 Å². The van der Waals surface area contributed by atoms with E-state index in [0.29, 0.717) is 31.4 Å². The monoisotopic (exact) mass is 494 g/mol. The number of aliphatic carboxylic acids is 1. The van der Waals surface area contributed by atoms with Crippen LogP contribution >= 0.6 is 11.6 Å². The summed E-state index contributed by atoms with van der Waals surface area (Å²) in [5.41, 5.74) is 0.325. The highest BCUT2D eigenvalue weighted by Gasteiger charge is 2.27. The first-order valence-corrected chi connectivity index (χ1v) is 11.3. The van der Waals surface area contributed by atoms with Crippen LogP contribution in [0.5, 0.6) is 5.75 Å². The predicted molar refractivity (Wildman–Crippen MR) is 122 cm³/mol. The van der Waals surface area contributed by atoms with E-state index in [-0.39, 0.29) is 46.8 Å². The topological polar surface area (TPSA) is 105 Å². The lowest BCUT2D eigenvalue weighted by Gasteiger charge is -2.26. The third-order valence-electron chi connectivity index (χ3n) is 5.63. The van der Waals surface area contributed by atoms with Crippen molar-refractivity contribution >= 4 is 29.4 Å². The number of amides is 2. The molecule has 0 radical (unpaired) electrons. The molecular formula is C24H25ClF2N2O5. The Kier molecular flexibility index (Phi) is 8.81. The Hall–Kier alpha value is -3.20. The zero-order chi connectivity index (χ0) is 24.7. The number of benzene rings is 2. The Labute approximate surface area is 200 Å². The van der Waals surface area contributed by atoms with Crippen molar-refractivity contribution in [2.75, 3.05) is 13.1 Å². The molecule has 0 unspecified atom stereocenters. The lowest BCUT2D eigenvalue weighted by molar-refractivity contribution is -0.143. The molecule has 10 heteroatoms. The molecule has 182 valence electrons. The average molecular weight is 495 g/mol. The molecule has 0 spiro atoms. The summed E-state index contributed by atoms with van der Waals surface area (Å²) in [7, 11) is 0. The van der Waals surface area contributed by atoms with Crippen molar-refractivity contribution in [1.82, 2.24) is 10.6 Å². The van der Waals surface area contributed by atoms with Gasteiger partial charge in [-0.25, -0.2) is 8.78 Å². The predicted octanol–water partition coefficient (Wildman–Crippen LogP) is 4.46. The minimum atomic E-state index is -2.60. The van der Waals surface area contributed by atoms with Gasteiger partial charge in [0.2, 0.25) is 0 Å². The molecule has 2 aromatic rings. The van der Waals surface area contributed by atoms with Gasteiger partial charge in [-0.1, -0.05) is 23.7 Å². The fraction of sp³-hybridized carbons (Fsp3) is 0.375. The highest BCUT2D eigenvalue weighted by Crippen LogP contribution is 2.30. The minimum absolute atomic E-state index is 0.0958. The number of ether oxygens (including phenoxy) is 1. The van der Waals surface area contributed by atoms with Gasteiger partial charge in [0.25, 0.3) is 18.2 Å². The van der Waals surface area contributed by atoms with E-state index in [2.05, 4.69) is 10.6 Å². The van der Waals surface area contributed by atoms with Crippen molar-refractivity contribution in [3.63, 3.8) is 0 Å². The molecule has 3 N–H and O–H groups in total. The van der Waals surface area contributed by atoms with E-state index in [1.54, 1.807) is 18.2 Å². The van der Waals surface area contributed by atoms with E-state index in [1.165, 1.54) is 24.3 Å². The summed E-state index contributed by atoms with van der Waals surface area (Å²) in [5, 5.41) is 14.5. The van der Waals surface area contributed by atoms with Crippen LogP contribution in [0.2, 0.25) is 5.02 Å². The Balaban J connectivity index is 1.43. The smallest absolute Gasteiger partial charge is 0.306 e. The van der Waals surface area contributed by atoms with Crippen LogP contribution in [0.1, 0.15) is 58.4 Å². The molecule has 7 nitrogen and oxygen atoms in total.